The lowest BCUT2D eigenvalue weighted by atomic mass is 9.76. The minimum atomic E-state index is -0.664. The highest BCUT2D eigenvalue weighted by Gasteiger charge is 2.39. The van der Waals surface area contributed by atoms with Crippen LogP contribution < -0.4 is 0 Å². The van der Waals surface area contributed by atoms with Gasteiger partial charge in [0.1, 0.15) is 0 Å². The van der Waals surface area contributed by atoms with Gasteiger partial charge in [0, 0.05) is 28.3 Å². The molecule has 36 heavy (non-hydrogen) atoms. The molecule has 0 saturated carbocycles. The van der Waals surface area contributed by atoms with Gasteiger partial charge >= 0.3 is 5.97 Å². The second kappa shape index (κ2) is 10.2. The number of halogens is 1. The van der Waals surface area contributed by atoms with Gasteiger partial charge in [-0.3, -0.25) is 9.69 Å². The lowest BCUT2D eigenvalue weighted by Crippen LogP contribution is -2.43. The van der Waals surface area contributed by atoms with E-state index in [0.717, 1.165) is 41.9 Å². The van der Waals surface area contributed by atoms with E-state index in [4.69, 9.17) is 16.1 Å². The number of aliphatic carboxylic acids is 1. The van der Waals surface area contributed by atoms with Gasteiger partial charge < -0.3 is 9.63 Å². The average Bonchev–Trinajstić information content (AvgIpc) is 3.40. The predicted octanol–water partition coefficient (Wildman–Crippen LogP) is 6.80. The first-order valence-electron chi connectivity index (χ1n) is 12.2. The van der Waals surface area contributed by atoms with Crippen molar-refractivity contribution >= 4 is 17.6 Å². The molecule has 1 N–H and O–H groups in total. The third-order valence-electron chi connectivity index (χ3n) is 7.29. The Bertz CT molecular complexity index is 1340. The summed E-state index contributed by atoms with van der Waals surface area (Å²) >= 11 is 6.55. The minimum absolute atomic E-state index is 0.418. The molecule has 5 rings (SSSR count). The topological polar surface area (TPSA) is 79.5 Å². The maximum atomic E-state index is 11.7. The van der Waals surface area contributed by atoms with E-state index in [1.807, 2.05) is 67.6 Å². The zero-order valence-corrected chi connectivity index (χ0v) is 20.9. The number of piperidine rings is 1. The van der Waals surface area contributed by atoms with Crippen molar-refractivity contribution in [2.75, 3.05) is 13.1 Å². The lowest BCUT2D eigenvalue weighted by molar-refractivity contribution is -0.152. The fourth-order valence-electron chi connectivity index (χ4n) is 4.83. The van der Waals surface area contributed by atoms with E-state index in [2.05, 4.69) is 27.2 Å². The largest absolute Gasteiger partial charge is 0.481 e. The molecule has 0 radical (unpaired) electrons. The molecule has 1 fully saturated rings. The highest BCUT2D eigenvalue weighted by Crippen LogP contribution is 2.36. The van der Waals surface area contributed by atoms with Crippen molar-refractivity contribution in [2.24, 2.45) is 5.41 Å². The molecule has 0 aliphatic carbocycles. The zero-order valence-electron chi connectivity index (χ0n) is 20.2. The number of carbonyl (C=O) groups is 1. The van der Waals surface area contributed by atoms with E-state index in [-0.39, 0.29) is 0 Å². The van der Waals surface area contributed by atoms with E-state index in [1.54, 1.807) is 0 Å². The standard InChI is InChI=1S/C29H28ClN3O3/c1-2-29(28(34)35)14-16-33(17-15-29)19-20-8-10-22(11-9-20)26-31-27(36-32-26)23-12-13-24(25(30)18-23)21-6-4-3-5-7-21/h3-13,18H,2,14-17,19H2,1H3,(H,34,35). The molecule has 1 saturated heterocycles. The second-order valence-corrected chi connectivity index (χ2v) is 9.80. The number of hydrogen-bond acceptors (Lipinski definition) is 5. The molecular formula is C29H28ClN3O3. The summed E-state index contributed by atoms with van der Waals surface area (Å²) in [5, 5.41) is 14.4. The van der Waals surface area contributed by atoms with Gasteiger partial charge in [-0.05, 0) is 55.6 Å². The van der Waals surface area contributed by atoms with Crippen LogP contribution in [0.15, 0.2) is 77.3 Å². The summed E-state index contributed by atoms with van der Waals surface area (Å²) in [6.45, 7) is 4.35. The smallest absolute Gasteiger partial charge is 0.309 e. The summed E-state index contributed by atoms with van der Waals surface area (Å²) < 4.78 is 5.53. The number of aromatic nitrogens is 2. The van der Waals surface area contributed by atoms with Gasteiger partial charge in [0.15, 0.2) is 0 Å². The Balaban J connectivity index is 1.25. The Morgan fingerprint density at radius 3 is 2.33 bits per heavy atom. The third-order valence-corrected chi connectivity index (χ3v) is 7.60. The van der Waals surface area contributed by atoms with Crippen LogP contribution in [0.3, 0.4) is 0 Å². The van der Waals surface area contributed by atoms with E-state index < -0.39 is 11.4 Å². The number of carboxylic acid groups (broad SMARTS) is 1. The van der Waals surface area contributed by atoms with Crippen molar-refractivity contribution in [2.45, 2.75) is 32.7 Å². The molecule has 4 aromatic rings. The molecule has 0 spiro atoms. The van der Waals surface area contributed by atoms with Crippen molar-refractivity contribution in [3.8, 4) is 34.0 Å². The number of rotatable bonds is 7. The molecule has 3 aromatic carbocycles. The first kappa shape index (κ1) is 24.2. The number of carboxylic acids is 1. The Hall–Kier alpha value is -3.48. The summed E-state index contributed by atoms with van der Waals surface area (Å²) in [6, 6.07) is 23.9. The van der Waals surface area contributed by atoms with Gasteiger partial charge in [-0.25, -0.2) is 0 Å². The molecule has 2 heterocycles. The lowest BCUT2D eigenvalue weighted by Gasteiger charge is -2.38. The Morgan fingerprint density at radius 1 is 1.00 bits per heavy atom. The quantitative estimate of drug-likeness (QED) is 0.300. The number of likely N-dealkylation sites (tertiary alicyclic amines) is 1. The maximum Gasteiger partial charge on any atom is 0.309 e. The highest BCUT2D eigenvalue weighted by atomic mass is 35.5. The van der Waals surface area contributed by atoms with Crippen LogP contribution in [0.5, 0.6) is 0 Å². The summed E-state index contributed by atoms with van der Waals surface area (Å²) in [4.78, 5) is 18.6. The third kappa shape index (κ3) is 4.92. The first-order valence-corrected chi connectivity index (χ1v) is 12.6. The summed E-state index contributed by atoms with van der Waals surface area (Å²) in [5.41, 5.74) is 4.25. The zero-order chi connectivity index (χ0) is 25.1. The summed E-state index contributed by atoms with van der Waals surface area (Å²) in [7, 11) is 0. The molecule has 0 unspecified atom stereocenters. The molecule has 6 nitrogen and oxygen atoms in total. The van der Waals surface area contributed by atoms with E-state index in [0.29, 0.717) is 36.0 Å². The van der Waals surface area contributed by atoms with E-state index in [9.17, 15) is 9.90 Å². The monoisotopic (exact) mass is 501 g/mol. The van der Waals surface area contributed by atoms with Crippen LogP contribution >= 0.6 is 11.6 Å². The van der Waals surface area contributed by atoms with Gasteiger partial charge in [-0.2, -0.15) is 4.98 Å². The molecule has 1 aliphatic heterocycles. The molecule has 0 amide bonds. The molecule has 7 heteroatoms. The average molecular weight is 502 g/mol. The molecular weight excluding hydrogens is 474 g/mol. The van der Waals surface area contributed by atoms with E-state index in [1.165, 1.54) is 5.56 Å². The van der Waals surface area contributed by atoms with Gasteiger partial charge in [0.2, 0.25) is 5.82 Å². The number of nitrogens with zero attached hydrogens (tertiary/aromatic N) is 3. The predicted molar refractivity (Wildman–Crippen MR) is 140 cm³/mol. The number of hydrogen-bond donors (Lipinski definition) is 1. The molecule has 184 valence electrons. The minimum Gasteiger partial charge on any atom is -0.481 e. The van der Waals surface area contributed by atoms with Crippen LogP contribution in [-0.4, -0.2) is 39.2 Å². The van der Waals surface area contributed by atoms with Crippen LogP contribution in [0.4, 0.5) is 0 Å². The first-order chi connectivity index (χ1) is 17.5. The van der Waals surface area contributed by atoms with Crippen LogP contribution in [0, 0.1) is 5.41 Å². The molecule has 0 bridgehead atoms. The fourth-order valence-corrected chi connectivity index (χ4v) is 5.12. The Labute approximate surface area is 215 Å². The Morgan fingerprint density at radius 2 is 1.69 bits per heavy atom. The van der Waals surface area contributed by atoms with Gasteiger partial charge in [0.05, 0.1) is 5.41 Å². The van der Waals surface area contributed by atoms with E-state index >= 15 is 0 Å². The van der Waals surface area contributed by atoms with Crippen LogP contribution in [0.2, 0.25) is 5.02 Å². The van der Waals surface area contributed by atoms with Crippen molar-refractivity contribution < 1.29 is 14.4 Å². The van der Waals surface area contributed by atoms with Gasteiger partial charge in [0.25, 0.3) is 5.89 Å². The Kier molecular flexibility index (Phi) is 6.90. The summed E-state index contributed by atoms with van der Waals surface area (Å²) in [5.74, 6) is 0.275. The maximum absolute atomic E-state index is 11.7. The second-order valence-electron chi connectivity index (χ2n) is 9.40. The van der Waals surface area contributed by atoms with Gasteiger partial charge in [-0.15, -0.1) is 0 Å². The van der Waals surface area contributed by atoms with Crippen molar-refractivity contribution in [1.29, 1.82) is 0 Å². The fraction of sp³-hybridized carbons (Fsp3) is 0.276. The molecule has 1 aromatic heterocycles. The van der Waals surface area contributed by atoms with Crippen molar-refractivity contribution in [1.82, 2.24) is 15.0 Å². The van der Waals surface area contributed by atoms with Crippen LogP contribution in [-0.2, 0) is 11.3 Å². The van der Waals surface area contributed by atoms with Crippen molar-refractivity contribution in [3.63, 3.8) is 0 Å². The highest BCUT2D eigenvalue weighted by molar-refractivity contribution is 6.33. The van der Waals surface area contributed by atoms with Crippen LogP contribution in [0.25, 0.3) is 34.0 Å². The normalized spacial score (nSPS) is 15.6. The summed E-state index contributed by atoms with van der Waals surface area (Å²) in [6.07, 6.45) is 2.07. The molecule has 0 atom stereocenters. The number of benzene rings is 3. The van der Waals surface area contributed by atoms with Crippen LogP contribution in [0.1, 0.15) is 31.7 Å². The van der Waals surface area contributed by atoms with Crippen molar-refractivity contribution in [3.05, 3.63) is 83.4 Å². The van der Waals surface area contributed by atoms with Gasteiger partial charge in [-0.1, -0.05) is 84.3 Å². The SMILES string of the molecule is CCC1(C(=O)O)CCN(Cc2ccc(-c3noc(-c4ccc(-c5ccccc5)c(Cl)c4)n3)cc2)CC1. The molecule has 1 aliphatic rings.